The van der Waals surface area contributed by atoms with Crippen LogP contribution in [0.4, 0.5) is 4.79 Å². The molecule has 0 saturated carbocycles. The van der Waals surface area contributed by atoms with Crippen LogP contribution in [-0.2, 0) is 9.53 Å². The SMILES string of the molecule is O=C(NCCN1CCCOC1=O)[C@@H]1CCCNCC1. The van der Waals surface area contributed by atoms with Gasteiger partial charge in [-0.25, -0.2) is 4.79 Å². The van der Waals surface area contributed by atoms with E-state index in [0.29, 0.717) is 19.7 Å². The second-order valence-electron chi connectivity index (χ2n) is 5.12. The molecule has 2 heterocycles. The quantitative estimate of drug-likeness (QED) is 0.772. The minimum atomic E-state index is -0.265. The maximum absolute atomic E-state index is 12.0. The van der Waals surface area contributed by atoms with Crippen LogP contribution in [-0.4, -0.2) is 56.2 Å². The lowest BCUT2D eigenvalue weighted by Crippen LogP contribution is -2.43. The van der Waals surface area contributed by atoms with E-state index in [1.165, 1.54) is 0 Å². The molecule has 0 radical (unpaired) electrons. The summed E-state index contributed by atoms with van der Waals surface area (Å²) in [4.78, 5) is 25.1. The fourth-order valence-electron chi connectivity index (χ4n) is 2.54. The Balaban J connectivity index is 1.66. The van der Waals surface area contributed by atoms with E-state index < -0.39 is 0 Å². The van der Waals surface area contributed by atoms with Gasteiger partial charge >= 0.3 is 6.09 Å². The first-order chi connectivity index (χ1) is 9.27. The van der Waals surface area contributed by atoms with Crippen molar-refractivity contribution in [2.24, 2.45) is 5.92 Å². The first-order valence-electron chi connectivity index (χ1n) is 7.17. The molecular formula is C13H23N3O3. The highest BCUT2D eigenvalue weighted by molar-refractivity contribution is 5.78. The number of ether oxygens (including phenoxy) is 1. The maximum Gasteiger partial charge on any atom is 0.409 e. The molecule has 0 aromatic rings. The maximum atomic E-state index is 12.0. The van der Waals surface area contributed by atoms with Crippen molar-refractivity contribution in [2.45, 2.75) is 25.7 Å². The summed E-state index contributed by atoms with van der Waals surface area (Å²) in [5.74, 6) is 0.234. The number of carbonyl (C=O) groups excluding carboxylic acids is 2. The third-order valence-electron chi connectivity index (χ3n) is 3.68. The third-order valence-corrected chi connectivity index (χ3v) is 3.68. The summed E-state index contributed by atoms with van der Waals surface area (Å²) in [5, 5.41) is 6.23. The highest BCUT2D eigenvalue weighted by atomic mass is 16.6. The molecule has 0 unspecified atom stereocenters. The predicted molar refractivity (Wildman–Crippen MR) is 70.8 cm³/mol. The van der Waals surface area contributed by atoms with Crippen molar-refractivity contribution in [3.05, 3.63) is 0 Å². The summed E-state index contributed by atoms with van der Waals surface area (Å²) in [6.45, 7) is 4.20. The molecule has 6 nitrogen and oxygen atoms in total. The largest absolute Gasteiger partial charge is 0.449 e. The van der Waals surface area contributed by atoms with Gasteiger partial charge in [-0.3, -0.25) is 4.79 Å². The summed E-state index contributed by atoms with van der Waals surface area (Å²) in [6.07, 6.45) is 3.51. The van der Waals surface area contributed by atoms with Crippen molar-refractivity contribution in [2.75, 3.05) is 39.3 Å². The Labute approximate surface area is 113 Å². The molecule has 108 valence electrons. The Hall–Kier alpha value is -1.30. The van der Waals surface area contributed by atoms with Gasteiger partial charge in [0, 0.05) is 25.6 Å². The minimum absolute atomic E-state index is 0.114. The van der Waals surface area contributed by atoms with Gasteiger partial charge in [0.25, 0.3) is 0 Å². The zero-order valence-electron chi connectivity index (χ0n) is 11.3. The zero-order valence-corrected chi connectivity index (χ0v) is 11.3. The van der Waals surface area contributed by atoms with Crippen LogP contribution in [0.25, 0.3) is 0 Å². The Kier molecular flexibility index (Phi) is 5.44. The van der Waals surface area contributed by atoms with Crippen molar-refractivity contribution in [3.63, 3.8) is 0 Å². The van der Waals surface area contributed by atoms with E-state index in [-0.39, 0.29) is 17.9 Å². The predicted octanol–water partition coefficient (Wildman–Crippen LogP) is 0.335. The van der Waals surface area contributed by atoms with E-state index in [1.54, 1.807) is 4.90 Å². The second-order valence-corrected chi connectivity index (χ2v) is 5.12. The van der Waals surface area contributed by atoms with Crippen molar-refractivity contribution in [3.8, 4) is 0 Å². The number of carbonyl (C=O) groups is 2. The van der Waals surface area contributed by atoms with E-state index in [1.807, 2.05) is 0 Å². The molecule has 2 fully saturated rings. The number of nitrogens with zero attached hydrogens (tertiary/aromatic N) is 1. The molecular weight excluding hydrogens is 246 g/mol. The third kappa shape index (κ3) is 4.38. The standard InChI is InChI=1S/C13H23N3O3/c17-12(11-3-1-5-14-6-4-11)15-7-9-16-8-2-10-19-13(16)18/h11,14H,1-10H2,(H,15,17)/t11-/m1/s1. The Morgan fingerprint density at radius 2 is 2.26 bits per heavy atom. The molecule has 2 amide bonds. The highest BCUT2D eigenvalue weighted by Gasteiger charge is 2.21. The summed E-state index contributed by atoms with van der Waals surface area (Å²) in [6, 6.07) is 0. The number of hydrogen-bond acceptors (Lipinski definition) is 4. The lowest BCUT2D eigenvalue weighted by molar-refractivity contribution is -0.125. The monoisotopic (exact) mass is 269 g/mol. The van der Waals surface area contributed by atoms with E-state index in [0.717, 1.165) is 45.3 Å². The lowest BCUT2D eigenvalue weighted by Gasteiger charge is -2.26. The summed E-state index contributed by atoms with van der Waals surface area (Å²) in [5.41, 5.74) is 0. The molecule has 19 heavy (non-hydrogen) atoms. The van der Waals surface area contributed by atoms with Crippen molar-refractivity contribution >= 4 is 12.0 Å². The number of rotatable bonds is 4. The number of amides is 2. The molecule has 1 atom stereocenters. The van der Waals surface area contributed by atoms with Crippen LogP contribution in [0, 0.1) is 5.92 Å². The average Bonchev–Trinajstić information content (AvgIpc) is 2.70. The summed E-state index contributed by atoms with van der Waals surface area (Å²) in [7, 11) is 0. The first kappa shape index (κ1) is 14.1. The molecule has 6 heteroatoms. The molecule has 0 bridgehead atoms. The molecule has 0 spiro atoms. The van der Waals surface area contributed by atoms with Gasteiger partial charge in [0.1, 0.15) is 0 Å². The molecule has 2 N–H and O–H groups in total. The lowest BCUT2D eigenvalue weighted by atomic mass is 10.00. The molecule has 0 aromatic heterocycles. The van der Waals surface area contributed by atoms with Gasteiger partial charge in [-0.05, 0) is 38.8 Å². The molecule has 0 aromatic carbocycles. The zero-order chi connectivity index (χ0) is 13.5. The van der Waals surface area contributed by atoms with E-state index in [4.69, 9.17) is 4.74 Å². The summed E-state index contributed by atoms with van der Waals surface area (Å²) >= 11 is 0. The fourth-order valence-corrected chi connectivity index (χ4v) is 2.54. The molecule has 0 aliphatic carbocycles. The summed E-state index contributed by atoms with van der Waals surface area (Å²) < 4.78 is 4.95. The van der Waals surface area contributed by atoms with E-state index in [2.05, 4.69) is 10.6 Å². The number of nitrogens with one attached hydrogen (secondary N) is 2. The molecule has 2 aliphatic rings. The van der Waals surface area contributed by atoms with Gasteiger partial charge in [0.15, 0.2) is 0 Å². The Morgan fingerprint density at radius 1 is 1.37 bits per heavy atom. The highest BCUT2D eigenvalue weighted by Crippen LogP contribution is 2.13. The van der Waals surface area contributed by atoms with Gasteiger partial charge in [0.2, 0.25) is 5.91 Å². The second kappa shape index (κ2) is 7.33. The smallest absolute Gasteiger partial charge is 0.409 e. The van der Waals surface area contributed by atoms with Gasteiger partial charge < -0.3 is 20.3 Å². The van der Waals surface area contributed by atoms with Gasteiger partial charge in [-0.15, -0.1) is 0 Å². The number of hydrogen-bond donors (Lipinski definition) is 2. The van der Waals surface area contributed by atoms with Crippen molar-refractivity contribution in [1.29, 1.82) is 0 Å². The van der Waals surface area contributed by atoms with Crippen LogP contribution in [0.3, 0.4) is 0 Å². The number of cyclic esters (lactones) is 1. The molecule has 2 saturated heterocycles. The van der Waals surface area contributed by atoms with Crippen molar-refractivity contribution in [1.82, 2.24) is 15.5 Å². The van der Waals surface area contributed by atoms with E-state index >= 15 is 0 Å². The van der Waals surface area contributed by atoms with Gasteiger partial charge in [-0.1, -0.05) is 0 Å². The van der Waals surface area contributed by atoms with Crippen LogP contribution < -0.4 is 10.6 Å². The molecule has 2 rings (SSSR count). The fraction of sp³-hybridized carbons (Fsp3) is 0.846. The van der Waals surface area contributed by atoms with Crippen LogP contribution in [0.1, 0.15) is 25.7 Å². The Morgan fingerprint density at radius 3 is 3.11 bits per heavy atom. The van der Waals surface area contributed by atoms with Gasteiger partial charge in [0.05, 0.1) is 6.61 Å². The van der Waals surface area contributed by atoms with Crippen LogP contribution in [0.2, 0.25) is 0 Å². The van der Waals surface area contributed by atoms with Crippen LogP contribution in [0.5, 0.6) is 0 Å². The normalized spacial score (nSPS) is 24.5. The average molecular weight is 269 g/mol. The van der Waals surface area contributed by atoms with Crippen molar-refractivity contribution < 1.29 is 14.3 Å². The van der Waals surface area contributed by atoms with Crippen LogP contribution >= 0.6 is 0 Å². The molecule has 2 aliphatic heterocycles. The van der Waals surface area contributed by atoms with Gasteiger partial charge in [-0.2, -0.15) is 0 Å². The minimum Gasteiger partial charge on any atom is -0.449 e. The topological polar surface area (TPSA) is 70.7 Å². The van der Waals surface area contributed by atoms with Crippen LogP contribution in [0.15, 0.2) is 0 Å². The Bertz CT molecular complexity index is 314. The van der Waals surface area contributed by atoms with E-state index in [9.17, 15) is 9.59 Å². The first-order valence-corrected chi connectivity index (χ1v) is 7.17.